The highest BCUT2D eigenvalue weighted by Crippen LogP contribution is 2.47. The Balaban J connectivity index is 1.86. The van der Waals surface area contributed by atoms with E-state index in [1.807, 2.05) is 24.3 Å². The molecule has 5 heteroatoms. The minimum Gasteiger partial charge on any atom is -0.493 e. The minimum absolute atomic E-state index is 0.0747. The fourth-order valence-corrected chi connectivity index (χ4v) is 4.45. The zero-order valence-corrected chi connectivity index (χ0v) is 16.8. The first-order chi connectivity index (χ1) is 13.4. The Morgan fingerprint density at radius 3 is 2.89 bits per heavy atom. The molecule has 1 heterocycles. The molecule has 0 bridgehead atoms. The average Bonchev–Trinajstić information content (AvgIpc) is 3.06. The molecule has 3 atom stereocenters. The molecule has 3 rings (SSSR count). The predicted octanol–water partition coefficient (Wildman–Crippen LogP) is 4.05. The van der Waals surface area contributed by atoms with Gasteiger partial charge >= 0.3 is 5.97 Å². The molecule has 1 aromatic carbocycles. The second-order valence-corrected chi connectivity index (χ2v) is 7.67. The lowest BCUT2D eigenvalue weighted by atomic mass is 9.68. The van der Waals surface area contributed by atoms with Gasteiger partial charge in [-0.2, -0.15) is 0 Å². The summed E-state index contributed by atoms with van der Waals surface area (Å²) >= 11 is 0. The van der Waals surface area contributed by atoms with Gasteiger partial charge in [-0.15, -0.1) is 6.58 Å². The number of ketones is 1. The first-order valence-corrected chi connectivity index (χ1v) is 9.74. The topological polar surface area (TPSA) is 61.8 Å². The number of hydrogen-bond acceptors (Lipinski definition) is 5. The summed E-state index contributed by atoms with van der Waals surface area (Å²) in [6, 6.07) is 5.64. The van der Waals surface area contributed by atoms with Gasteiger partial charge in [-0.25, -0.2) is 0 Å². The van der Waals surface area contributed by atoms with Crippen molar-refractivity contribution in [2.24, 2.45) is 11.8 Å². The molecule has 0 aromatic heterocycles. The van der Waals surface area contributed by atoms with Gasteiger partial charge in [-0.05, 0) is 60.9 Å². The fraction of sp³-hybridized carbons (Fsp3) is 0.478. The summed E-state index contributed by atoms with van der Waals surface area (Å²) in [4.78, 5) is 23.8. The van der Waals surface area contributed by atoms with Gasteiger partial charge in [0, 0.05) is 12.8 Å². The van der Waals surface area contributed by atoms with Crippen molar-refractivity contribution in [1.29, 1.82) is 0 Å². The Morgan fingerprint density at radius 1 is 1.43 bits per heavy atom. The third-order valence-corrected chi connectivity index (χ3v) is 5.81. The van der Waals surface area contributed by atoms with Crippen LogP contribution in [0, 0.1) is 11.8 Å². The van der Waals surface area contributed by atoms with Crippen LogP contribution >= 0.6 is 0 Å². The highest BCUT2D eigenvalue weighted by atomic mass is 16.6. The molecule has 2 aliphatic rings. The first kappa shape index (κ1) is 20.3. The van der Waals surface area contributed by atoms with E-state index >= 15 is 0 Å². The molecule has 1 saturated heterocycles. The summed E-state index contributed by atoms with van der Waals surface area (Å²) in [6.45, 7) is 7.97. The van der Waals surface area contributed by atoms with Crippen molar-refractivity contribution in [1.82, 2.24) is 0 Å². The molecule has 0 saturated carbocycles. The van der Waals surface area contributed by atoms with Crippen LogP contribution in [0.2, 0.25) is 0 Å². The third kappa shape index (κ3) is 3.90. The van der Waals surface area contributed by atoms with Crippen LogP contribution in [-0.2, 0) is 20.7 Å². The van der Waals surface area contributed by atoms with Gasteiger partial charge in [0.15, 0.2) is 17.3 Å². The number of carbonyl (C=O) groups excluding carboxylic acids is 2. The number of hydrogen-bond donors (Lipinski definition) is 0. The predicted molar refractivity (Wildman–Crippen MR) is 106 cm³/mol. The number of fused-ring (bicyclic) bond motifs is 1. The SMILES string of the molecule is C=CC[C@H]1C[C@]2(C(C)Cc3ccc(OC)c(OC(C)=O)c3)OCCC2=CC1=O. The van der Waals surface area contributed by atoms with Gasteiger partial charge in [0.25, 0.3) is 0 Å². The molecule has 150 valence electrons. The maximum absolute atomic E-state index is 12.4. The van der Waals surface area contributed by atoms with E-state index in [9.17, 15) is 9.59 Å². The van der Waals surface area contributed by atoms with Crippen molar-refractivity contribution >= 4 is 11.8 Å². The zero-order valence-electron chi connectivity index (χ0n) is 16.8. The molecule has 1 aliphatic carbocycles. The lowest BCUT2D eigenvalue weighted by Crippen LogP contribution is -2.44. The number of ether oxygens (including phenoxy) is 3. The molecule has 0 spiro atoms. The fourth-order valence-electron chi connectivity index (χ4n) is 4.45. The Labute approximate surface area is 166 Å². The van der Waals surface area contributed by atoms with Crippen LogP contribution in [0.15, 0.2) is 42.5 Å². The van der Waals surface area contributed by atoms with E-state index in [0.29, 0.717) is 30.9 Å². The van der Waals surface area contributed by atoms with Crippen LogP contribution in [-0.4, -0.2) is 31.1 Å². The standard InChI is InChI=1S/C23H28O5/c1-5-6-18-14-23(19(9-10-27-23)13-20(18)25)15(2)11-17-7-8-21(26-4)22(12-17)28-16(3)24/h5,7-8,12-13,15,18H,1,6,9-11,14H2,2-4H3/t15?,18-,23+/m0/s1. The van der Waals surface area contributed by atoms with Gasteiger partial charge in [-0.3, -0.25) is 9.59 Å². The maximum Gasteiger partial charge on any atom is 0.308 e. The number of carbonyl (C=O) groups is 2. The molecule has 1 fully saturated rings. The Bertz CT molecular complexity index is 809. The molecule has 0 N–H and O–H groups in total. The van der Waals surface area contributed by atoms with Crippen molar-refractivity contribution in [3.63, 3.8) is 0 Å². The van der Waals surface area contributed by atoms with Crippen LogP contribution in [0.4, 0.5) is 0 Å². The van der Waals surface area contributed by atoms with Crippen molar-refractivity contribution in [3.8, 4) is 11.5 Å². The number of allylic oxidation sites excluding steroid dienone is 2. The molecular weight excluding hydrogens is 356 g/mol. The second kappa shape index (κ2) is 8.31. The van der Waals surface area contributed by atoms with E-state index in [2.05, 4.69) is 13.5 Å². The number of benzene rings is 1. The van der Waals surface area contributed by atoms with Gasteiger partial charge in [-0.1, -0.05) is 19.1 Å². The van der Waals surface area contributed by atoms with Crippen molar-refractivity contribution in [3.05, 3.63) is 48.1 Å². The number of methoxy groups -OCH3 is 1. The second-order valence-electron chi connectivity index (χ2n) is 7.67. The zero-order chi connectivity index (χ0) is 20.3. The Kier molecular flexibility index (Phi) is 6.04. The quantitative estimate of drug-likeness (QED) is 0.403. The molecule has 1 aromatic rings. The summed E-state index contributed by atoms with van der Waals surface area (Å²) in [6.07, 6.45) is 6.52. The normalized spacial score (nSPS) is 24.9. The molecule has 1 aliphatic heterocycles. The van der Waals surface area contributed by atoms with Crippen molar-refractivity contribution in [2.75, 3.05) is 13.7 Å². The summed E-state index contributed by atoms with van der Waals surface area (Å²) < 4.78 is 16.9. The van der Waals surface area contributed by atoms with E-state index in [-0.39, 0.29) is 23.6 Å². The number of esters is 1. The highest BCUT2D eigenvalue weighted by Gasteiger charge is 2.49. The molecule has 1 unspecified atom stereocenters. The van der Waals surface area contributed by atoms with Crippen LogP contribution < -0.4 is 9.47 Å². The largest absolute Gasteiger partial charge is 0.493 e. The molecular formula is C23H28O5. The van der Waals surface area contributed by atoms with Gasteiger partial charge in [0.2, 0.25) is 0 Å². The monoisotopic (exact) mass is 384 g/mol. The van der Waals surface area contributed by atoms with Crippen molar-refractivity contribution < 1.29 is 23.8 Å². The maximum atomic E-state index is 12.4. The van der Waals surface area contributed by atoms with E-state index in [1.165, 1.54) is 6.92 Å². The molecule has 5 nitrogen and oxygen atoms in total. The molecule has 0 radical (unpaired) electrons. The number of rotatable bonds is 7. The van der Waals surface area contributed by atoms with Crippen molar-refractivity contribution in [2.45, 2.75) is 45.1 Å². The summed E-state index contributed by atoms with van der Waals surface area (Å²) in [5, 5.41) is 0. The summed E-state index contributed by atoms with van der Waals surface area (Å²) in [5.41, 5.74) is 1.73. The molecule has 28 heavy (non-hydrogen) atoms. The minimum atomic E-state index is -0.414. The third-order valence-electron chi connectivity index (χ3n) is 5.81. The lowest BCUT2D eigenvalue weighted by molar-refractivity contribution is -0.132. The van der Waals surface area contributed by atoms with E-state index < -0.39 is 5.60 Å². The van der Waals surface area contributed by atoms with Crippen LogP contribution in [0.5, 0.6) is 11.5 Å². The summed E-state index contributed by atoms with van der Waals surface area (Å²) in [5.74, 6) is 0.837. The summed E-state index contributed by atoms with van der Waals surface area (Å²) in [7, 11) is 1.55. The average molecular weight is 384 g/mol. The highest BCUT2D eigenvalue weighted by molar-refractivity contribution is 5.94. The lowest BCUT2D eigenvalue weighted by Gasteiger charge is -2.41. The Morgan fingerprint density at radius 2 is 2.21 bits per heavy atom. The van der Waals surface area contributed by atoms with E-state index in [1.54, 1.807) is 13.2 Å². The van der Waals surface area contributed by atoms with Crippen LogP contribution in [0.25, 0.3) is 0 Å². The van der Waals surface area contributed by atoms with Crippen LogP contribution in [0.1, 0.15) is 38.7 Å². The van der Waals surface area contributed by atoms with E-state index in [0.717, 1.165) is 24.0 Å². The van der Waals surface area contributed by atoms with E-state index in [4.69, 9.17) is 14.2 Å². The van der Waals surface area contributed by atoms with Crippen LogP contribution in [0.3, 0.4) is 0 Å². The first-order valence-electron chi connectivity index (χ1n) is 9.74. The van der Waals surface area contributed by atoms with Gasteiger partial charge < -0.3 is 14.2 Å². The van der Waals surface area contributed by atoms with Gasteiger partial charge in [0.05, 0.1) is 19.3 Å². The molecule has 0 amide bonds. The Hall–Kier alpha value is -2.40. The smallest absolute Gasteiger partial charge is 0.308 e. The van der Waals surface area contributed by atoms with Gasteiger partial charge in [0.1, 0.15) is 0 Å².